The fourth-order valence-electron chi connectivity index (χ4n) is 2.52. The number of aromatic nitrogens is 1. The highest BCUT2D eigenvalue weighted by molar-refractivity contribution is 6.06. The van der Waals surface area contributed by atoms with Crippen molar-refractivity contribution >= 4 is 16.8 Å². The number of carbonyl (C=O) groups is 1. The molecule has 0 unspecified atom stereocenters. The number of para-hydroxylation sites is 1. The Morgan fingerprint density at radius 3 is 2.65 bits per heavy atom. The van der Waals surface area contributed by atoms with E-state index < -0.39 is 0 Å². The zero-order valence-electron chi connectivity index (χ0n) is 14.1. The number of rotatable bonds is 8. The maximum atomic E-state index is 12.6. The monoisotopic (exact) mass is 315 g/mol. The molecule has 0 bridgehead atoms. The van der Waals surface area contributed by atoms with Crippen LogP contribution in [-0.4, -0.2) is 48.6 Å². The topological polar surface area (TPSA) is 54.5 Å². The van der Waals surface area contributed by atoms with Crippen LogP contribution in [0.2, 0.25) is 0 Å². The van der Waals surface area contributed by atoms with Crippen molar-refractivity contribution in [2.45, 2.75) is 20.8 Å². The van der Waals surface area contributed by atoms with Gasteiger partial charge in [0.25, 0.3) is 5.91 Å². The third kappa shape index (κ3) is 4.42. The van der Waals surface area contributed by atoms with Gasteiger partial charge in [-0.3, -0.25) is 4.79 Å². The summed E-state index contributed by atoms with van der Waals surface area (Å²) < 4.78 is 5.48. The Bertz CT molecular complexity index is 654. The summed E-state index contributed by atoms with van der Waals surface area (Å²) in [5.74, 6) is 0.400. The van der Waals surface area contributed by atoms with Crippen molar-refractivity contribution in [1.29, 1.82) is 0 Å². The Morgan fingerprint density at radius 1 is 1.22 bits per heavy atom. The first-order valence-electron chi connectivity index (χ1n) is 8.22. The Balaban J connectivity index is 2.18. The highest BCUT2D eigenvalue weighted by atomic mass is 16.5. The van der Waals surface area contributed by atoms with Crippen LogP contribution in [0.3, 0.4) is 0 Å². The van der Waals surface area contributed by atoms with Crippen molar-refractivity contribution in [2.24, 2.45) is 0 Å². The highest BCUT2D eigenvalue weighted by Crippen LogP contribution is 2.22. The van der Waals surface area contributed by atoms with E-state index >= 15 is 0 Å². The Morgan fingerprint density at radius 2 is 1.96 bits per heavy atom. The van der Waals surface area contributed by atoms with Gasteiger partial charge in [-0.05, 0) is 26.1 Å². The molecule has 1 amide bonds. The molecule has 124 valence electrons. The van der Waals surface area contributed by atoms with E-state index in [1.165, 1.54) is 0 Å². The second-order valence-electron chi connectivity index (χ2n) is 5.24. The zero-order chi connectivity index (χ0) is 16.7. The predicted octanol–water partition coefficient (Wildman–Crippen LogP) is 2.71. The van der Waals surface area contributed by atoms with Gasteiger partial charge in [-0.1, -0.05) is 32.0 Å². The van der Waals surface area contributed by atoms with E-state index in [1.807, 2.05) is 31.2 Å². The van der Waals surface area contributed by atoms with Gasteiger partial charge in [0, 0.05) is 24.5 Å². The number of fused-ring (bicyclic) bond motifs is 1. The molecule has 0 atom stereocenters. The van der Waals surface area contributed by atoms with Crippen LogP contribution in [0.1, 0.15) is 31.1 Å². The van der Waals surface area contributed by atoms with Crippen LogP contribution in [0, 0.1) is 0 Å². The molecular formula is C18H25N3O2. The van der Waals surface area contributed by atoms with E-state index in [1.54, 1.807) is 6.07 Å². The lowest BCUT2D eigenvalue weighted by Gasteiger charge is -2.18. The summed E-state index contributed by atoms with van der Waals surface area (Å²) in [6, 6.07) is 9.35. The van der Waals surface area contributed by atoms with Crippen molar-refractivity contribution in [2.75, 3.05) is 32.8 Å². The maximum Gasteiger partial charge on any atom is 0.252 e. The van der Waals surface area contributed by atoms with Crippen LogP contribution in [-0.2, 0) is 0 Å². The molecule has 5 heteroatoms. The summed E-state index contributed by atoms with van der Waals surface area (Å²) in [6.07, 6.45) is 0. The molecule has 0 aliphatic heterocycles. The standard InChI is InChI=1S/C18H25N3O2/c1-4-21(5-2)12-11-19-18(22)15-13-17(23-6-3)20-16-10-8-7-9-14(15)16/h7-10,13H,4-6,11-12H2,1-3H3,(H,19,22). The van der Waals surface area contributed by atoms with Gasteiger partial charge >= 0.3 is 0 Å². The summed E-state index contributed by atoms with van der Waals surface area (Å²) in [6.45, 7) is 10.1. The number of ether oxygens (including phenoxy) is 1. The van der Waals surface area contributed by atoms with Crippen LogP contribution in [0.25, 0.3) is 10.9 Å². The summed E-state index contributed by atoms with van der Waals surface area (Å²) in [7, 11) is 0. The van der Waals surface area contributed by atoms with Gasteiger partial charge < -0.3 is 15.0 Å². The molecule has 0 saturated carbocycles. The third-order valence-corrected chi connectivity index (χ3v) is 3.84. The molecular weight excluding hydrogens is 290 g/mol. The van der Waals surface area contributed by atoms with Crippen molar-refractivity contribution in [3.63, 3.8) is 0 Å². The molecule has 0 saturated heterocycles. The molecule has 0 fully saturated rings. The number of hydrogen-bond acceptors (Lipinski definition) is 4. The number of pyridine rings is 1. The molecule has 0 spiro atoms. The first kappa shape index (κ1) is 17.2. The van der Waals surface area contributed by atoms with Crippen LogP contribution in [0.15, 0.2) is 30.3 Å². The van der Waals surface area contributed by atoms with Crippen LogP contribution < -0.4 is 10.1 Å². The molecule has 0 radical (unpaired) electrons. The normalized spacial score (nSPS) is 11.0. The molecule has 2 rings (SSSR count). The van der Waals surface area contributed by atoms with Gasteiger partial charge in [0.1, 0.15) is 0 Å². The number of benzene rings is 1. The minimum Gasteiger partial charge on any atom is -0.478 e. The van der Waals surface area contributed by atoms with E-state index in [2.05, 4.69) is 29.0 Å². The van der Waals surface area contributed by atoms with Gasteiger partial charge in [-0.15, -0.1) is 0 Å². The molecule has 1 aromatic heterocycles. The van der Waals surface area contributed by atoms with E-state index in [0.29, 0.717) is 24.6 Å². The second kappa shape index (κ2) is 8.48. The molecule has 1 N–H and O–H groups in total. The molecule has 2 aromatic rings. The Labute approximate surface area is 137 Å². The zero-order valence-corrected chi connectivity index (χ0v) is 14.1. The van der Waals surface area contributed by atoms with Gasteiger partial charge in [-0.2, -0.15) is 0 Å². The van der Waals surface area contributed by atoms with Crippen molar-refractivity contribution in [1.82, 2.24) is 15.2 Å². The summed E-state index contributed by atoms with van der Waals surface area (Å²) in [4.78, 5) is 19.3. The smallest absolute Gasteiger partial charge is 0.252 e. The highest BCUT2D eigenvalue weighted by Gasteiger charge is 2.13. The molecule has 0 aliphatic carbocycles. The van der Waals surface area contributed by atoms with E-state index in [0.717, 1.165) is 30.5 Å². The third-order valence-electron chi connectivity index (χ3n) is 3.84. The molecule has 0 aliphatic rings. The van der Waals surface area contributed by atoms with Crippen LogP contribution >= 0.6 is 0 Å². The van der Waals surface area contributed by atoms with Gasteiger partial charge in [-0.25, -0.2) is 4.98 Å². The largest absolute Gasteiger partial charge is 0.478 e. The number of amides is 1. The minimum atomic E-state index is -0.0864. The Hall–Kier alpha value is -2.14. The number of carbonyl (C=O) groups excluding carboxylic acids is 1. The van der Waals surface area contributed by atoms with Crippen LogP contribution in [0.4, 0.5) is 0 Å². The first-order valence-corrected chi connectivity index (χ1v) is 8.22. The van der Waals surface area contributed by atoms with Crippen molar-refractivity contribution in [3.8, 4) is 5.88 Å². The van der Waals surface area contributed by atoms with Gasteiger partial charge in [0.2, 0.25) is 5.88 Å². The number of likely N-dealkylation sites (N-methyl/N-ethyl adjacent to an activating group) is 1. The molecule has 1 heterocycles. The predicted molar refractivity (Wildman–Crippen MR) is 93.0 cm³/mol. The second-order valence-corrected chi connectivity index (χ2v) is 5.24. The van der Waals surface area contributed by atoms with Crippen molar-refractivity contribution < 1.29 is 9.53 Å². The number of nitrogens with one attached hydrogen (secondary N) is 1. The fraction of sp³-hybridized carbons (Fsp3) is 0.444. The summed E-state index contributed by atoms with van der Waals surface area (Å²) >= 11 is 0. The quantitative estimate of drug-likeness (QED) is 0.814. The summed E-state index contributed by atoms with van der Waals surface area (Å²) in [5, 5.41) is 3.84. The number of nitrogens with zero attached hydrogens (tertiary/aromatic N) is 2. The van der Waals surface area contributed by atoms with Gasteiger partial charge in [0.05, 0.1) is 17.7 Å². The lowest BCUT2D eigenvalue weighted by molar-refractivity contribution is 0.0950. The molecule has 1 aromatic carbocycles. The lowest BCUT2D eigenvalue weighted by Crippen LogP contribution is -2.34. The van der Waals surface area contributed by atoms with Gasteiger partial charge in [0.15, 0.2) is 0 Å². The van der Waals surface area contributed by atoms with Crippen LogP contribution in [0.5, 0.6) is 5.88 Å². The molecule has 23 heavy (non-hydrogen) atoms. The minimum absolute atomic E-state index is 0.0864. The Kier molecular flexibility index (Phi) is 6.35. The van der Waals surface area contributed by atoms with Crippen molar-refractivity contribution in [3.05, 3.63) is 35.9 Å². The van der Waals surface area contributed by atoms with E-state index in [9.17, 15) is 4.79 Å². The average Bonchev–Trinajstić information content (AvgIpc) is 2.58. The maximum absolute atomic E-state index is 12.6. The van der Waals surface area contributed by atoms with E-state index in [4.69, 9.17) is 4.74 Å². The van der Waals surface area contributed by atoms with E-state index in [-0.39, 0.29) is 5.91 Å². The average molecular weight is 315 g/mol. The lowest BCUT2D eigenvalue weighted by atomic mass is 10.1. The fourth-order valence-corrected chi connectivity index (χ4v) is 2.52. The first-order chi connectivity index (χ1) is 11.2. The molecule has 5 nitrogen and oxygen atoms in total. The number of hydrogen-bond donors (Lipinski definition) is 1. The SMILES string of the molecule is CCOc1cc(C(=O)NCCN(CC)CC)c2ccccc2n1. The summed E-state index contributed by atoms with van der Waals surface area (Å²) in [5.41, 5.74) is 1.38.